The quantitative estimate of drug-likeness (QED) is 0.884. The number of rotatable bonds is 3. The van der Waals surface area contributed by atoms with E-state index in [0.717, 1.165) is 5.56 Å². The van der Waals surface area contributed by atoms with Gasteiger partial charge in [-0.1, -0.05) is 48.4 Å². The average Bonchev–Trinajstić information content (AvgIpc) is 2.37. The van der Waals surface area contributed by atoms with Gasteiger partial charge in [0.1, 0.15) is 5.15 Å². The third kappa shape index (κ3) is 2.56. The van der Waals surface area contributed by atoms with Crippen molar-refractivity contribution in [2.45, 2.75) is 33.2 Å². The minimum Gasteiger partial charge on any atom is -0.297 e. The lowest BCUT2D eigenvalue weighted by Crippen LogP contribution is -2.38. The average molecular weight is 293 g/mol. The van der Waals surface area contributed by atoms with Crippen molar-refractivity contribution in [1.29, 1.82) is 0 Å². The van der Waals surface area contributed by atoms with Gasteiger partial charge in [-0.3, -0.25) is 14.3 Å². The molecule has 1 heterocycles. The van der Waals surface area contributed by atoms with E-state index in [-0.39, 0.29) is 16.8 Å². The topological polar surface area (TPSA) is 54.9 Å². The molecule has 20 heavy (non-hydrogen) atoms. The molecule has 0 aliphatic heterocycles. The number of aryl methyl sites for hydroxylation is 1. The maximum Gasteiger partial charge on any atom is 0.329 e. The lowest BCUT2D eigenvalue weighted by atomic mass is 10.1. The number of aromatic nitrogens is 2. The number of H-pyrrole nitrogens is 1. The molecular formula is C15H17ClN2O2. The van der Waals surface area contributed by atoms with E-state index in [1.165, 1.54) is 4.57 Å². The maximum atomic E-state index is 12.6. The van der Waals surface area contributed by atoms with Crippen LogP contribution in [0, 0.1) is 6.92 Å². The Balaban J connectivity index is 2.78. The van der Waals surface area contributed by atoms with Crippen LogP contribution in [0.4, 0.5) is 0 Å². The molecule has 0 saturated heterocycles. The Kier molecular flexibility index (Phi) is 4.14. The number of hydrogen-bond acceptors (Lipinski definition) is 2. The first-order chi connectivity index (χ1) is 9.45. The summed E-state index contributed by atoms with van der Waals surface area (Å²) < 4.78 is 1.23. The molecule has 1 atom stereocenters. The van der Waals surface area contributed by atoms with Crippen LogP contribution < -0.4 is 11.2 Å². The van der Waals surface area contributed by atoms with Gasteiger partial charge in [-0.25, -0.2) is 4.79 Å². The highest BCUT2D eigenvalue weighted by molar-refractivity contribution is 6.32. The molecular weight excluding hydrogens is 276 g/mol. The van der Waals surface area contributed by atoms with E-state index in [0.29, 0.717) is 17.5 Å². The van der Waals surface area contributed by atoms with E-state index in [9.17, 15) is 9.59 Å². The van der Waals surface area contributed by atoms with Crippen molar-refractivity contribution >= 4 is 11.6 Å². The number of hydrogen-bond donors (Lipinski definition) is 1. The minimum absolute atomic E-state index is 0.0881. The lowest BCUT2D eigenvalue weighted by molar-refractivity contribution is 0.491. The molecule has 2 aromatic rings. The monoisotopic (exact) mass is 292 g/mol. The molecule has 1 aromatic heterocycles. The third-order valence-electron chi connectivity index (χ3n) is 3.43. The standard InChI is InChI=1S/C15H17ClN2O2/c1-4-10(3)18-14(19)12(13(16)17-15(18)20)11-7-5-6-9(2)8-11/h5-8,10H,4H2,1-3H3,(H,17,20). The van der Waals surface area contributed by atoms with Crippen molar-refractivity contribution in [2.75, 3.05) is 0 Å². The molecule has 0 radical (unpaired) electrons. The van der Waals surface area contributed by atoms with Crippen molar-refractivity contribution in [3.05, 3.63) is 55.8 Å². The predicted molar refractivity (Wildman–Crippen MR) is 81.5 cm³/mol. The van der Waals surface area contributed by atoms with Crippen molar-refractivity contribution in [3.8, 4) is 11.1 Å². The highest BCUT2D eigenvalue weighted by atomic mass is 35.5. The van der Waals surface area contributed by atoms with Crippen LogP contribution in [0.3, 0.4) is 0 Å². The van der Waals surface area contributed by atoms with Gasteiger partial charge < -0.3 is 0 Å². The van der Waals surface area contributed by atoms with Gasteiger partial charge in [0, 0.05) is 6.04 Å². The van der Waals surface area contributed by atoms with Crippen LogP contribution in [-0.2, 0) is 0 Å². The summed E-state index contributed by atoms with van der Waals surface area (Å²) in [6.45, 7) is 5.71. The van der Waals surface area contributed by atoms with Crippen LogP contribution in [0.1, 0.15) is 31.9 Å². The highest BCUT2D eigenvalue weighted by Gasteiger charge is 2.17. The van der Waals surface area contributed by atoms with E-state index in [1.807, 2.05) is 45.0 Å². The smallest absolute Gasteiger partial charge is 0.297 e. The van der Waals surface area contributed by atoms with E-state index < -0.39 is 5.69 Å². The largest absolute Gasteiger partial charge is 0.329 e. The molecule has 0 aliphatic carbocycles. The van der Waals surface area contributed by atoms with Crippen molar-refractivity contribution in [3.63, 3.8) is 0 Å². The van der Waals surface area contributed by atoms with Gasteiger partial charge in [-0.2, -0.15) is 0 Å². The molecule has 0 bridgehead atoms. The van der Waals surface area contributed by atoms with Crippen LogP contribution in [0.5, 0.6) is 0 Å². The second kappa shape index (κ2) is 5.67. The van der Waals surface area contributed by atoms with Crippen LogP contribution in [0.15, 0.2) is 33.9 Å². The Morgan fingerprint density at radius 2 is 2.05 bits per heavy atom. The number of nitrogens with zero attached hydrogens (tertiary/aromatic N) is 1. The van der Waals surface area contributed by atoms with E-state index in [1.54, 1.807) is 0 Å². The second-order valence-corrected chi connectivity index (χ2v) is 5.30. The van der Waals surface area contributed by atoms with Gasteiger partial charge in [0.05, 0.1) is 5.56 Å². The summed E-state index contributed by atoms with van der Waals surface area (Å²) >= 11 is 6.07. The van der Waals surface area contributed by atoms with Gasteiger partial charge >= 0.3 is 5.69 Å². The molecule has 0 aliphatic rings. The maximum absolute atomic E-state index is 12.6. The van der Waals surface area contributed by atoms with Gasteiger partial charge in [0.25, 0.3) is 5.56 Å². The normalized spacial score (nSPS) is 12.4. The fourth-order valence-corrected chi connectivity index (χ4v) is 2.43. The molecule has 106 valence electrons. The Morgan fingerprint density at radius 3 is 2.65 bits per heavy atom. The summed E-state index contributed by atoms with van der Waals surface area (Å²) in [7, 11) is 0. The van der Waals surface area contributed by atoms with Gasteiger partial charge in [0.15, 0.2) is 0 Å². The molecule has 0 fully saturated rings. The Bertz CT molecular complexity index is 746. The zero-order valence-corrected chi connectivity index (χ0v) is 12.5. The zero-order chi connectivity index (χ0) is 14.9. The van der Waals surface area contributed by atoms with Crippen LogP contribution in [-0.4, -0.2) is 9.55 Å². The molecule has 0 amide bonds. The van der Waals surface area contributed by atoms with E-state index in [4.69, 9.17) is 11.6 Å². The van der Waals surface area contributed by atoms with Gasteiger partial charge in [-0.05, 0) is 25.8 Å². The molecule has 0 saturated carbocycles. The summed E-state index contributed by atoms with van der Waals surface area (Å²) in [5.74, 6) is 0. The summed E-state index contributed by atoms with van der Waals surface area (Å²) in [5, 5.41) is 0.0881. The molecule has 5 heteroatoms. The second-order valence-electron chi connectivity index (χ2n) is 4.92. The van der Waals surface area contributed by atoms with Gasteiger partial charge in [0.2, 0.25) is 0 Å². The first-order valence-corrected chi connectivity index (χ1v) is 6.94. The number of benzene rings is 1. The van der Waals surface area contributed by atoms with Crippen molar-refractivity contribution in [1.82, 2.24) is 9.55 Å². The van der Waals surface area contributed by atoms with Gasteiger partial charge in [-0.15, -0.1) is 0 Å². The highest BCUT2D eigenvalue weighted by Crippen LogP contribution is 2.23. The van der Waals surface area contributed by atoms with Crippen LogP contribution in [0.2, 0.25) is 5.15 Å². The van der Waals surface area contributed by atoms with Crippen molar-refractivity contribution in [2.24, 2.45) is 0 Å². The first kappa shape index (κ1) is 14.6. The summed E-state index contributed by atoms with van der Waals surface area (Å²) in [6.07, 6.45) is 0.692. The molecule has 1 N–H and O–H groups in total. The molecule has 2 rings (SSSR count). The number of aromatic amines is 1. The number of nitrogens with one attached hydrogen (secondary N) is 1. The van der Waals surface area contributed by atoms with Crippen LogP contribution >= 0.6 is 11.6 Å². The fourth-order valence-electron chi connectivity index (χ4n) is 2.16. The summed E-state index contributed by atoms with van der Waals surface area (Å²) in [4.78, 5) is 27.1. The third-order valence-corrected chi connectivity index (χ3v) is 3.71. The zero-order valence-electron chi connectivity index (χ0n) is 11.7. The predicted octanol–water partition coefficient (Wildman–Crippen LogP) is 3.14. The Hall–Kier alpha value is -1.81. The van der Waals surface area contributed by atoms with Crippen molar-refractivity contribution < 1.29 is 0 Å². The minimum atomic E-state index is -0.467. The lowest BCUT2D eigenvalue weighted by Gasteiger charge is -2.14. The first-order valence-electron chi connectivity index (χ1n) is 6.57. The number of halogens is 1. The Labute approximate surface area is 122 Å². The van der Waals surface area contributed by atoms with Crippen LogP contribution in [0.25, 0.3) is 11.1 Å². The molecule has 1 aromatic carbocycles. The summed E-state index contributed by atoms with van der Waals surface area (Å²) in [5.41, 5.74) is 1.27. The summed E-state index contributed by atoms with van der Waals surface area (Å²) in [6, 6.07) is 7.32. The molecule has 1 unspecified atom stereocenters. The SMILES string of the molecule is CCC(C)n1c(=O)[nH]c(Cl)c(-c2cccc(C)c2)c1=O. The van der Waals surface area contributed by atoms with E-state index >= 15 is 0 Å². The van der Waals surface area contributed by atoms with E-state index in [2.05, 4.69) is 4.98 Å². The molecule has 4 nitrogen and oxygen atoms in total. The molecule has 0 spiro atoms. The Morgan fingerprint density at radius 1 is 1.35 bits per heavy atom. The fraction of sp³-hybridized carbons (Fsp3) is 0.333.